The lowest BCUT2D eigenvalue weighted by atomic mass is 10.0. The number of amides is 1. The second-order valence-corrected chi connectivity index (χ2v) is 7.94. The molecular formula is C28H28N4O4. The fraction of sp³-hybridized carbons (Fsp3) is 0.214. The molecule has 3 aromatic rings. The summed E-state index contributed by atoms with van der Waals surface area (Å²) in [6.45, 7) is 4.46. The van der Waals surface area contributed by atoms with E-state index >= 15 is 0 Å². The van der Waals surface area contributed by atoms with Crippen molar-refractivity contribution in [3.63, 3.8) is 0 Å². The third-order valence-electron chi connectivity index (χ3n) is 5.49. The Morgan fingerprint density at radius 3 is 2.22 bits per heavy atom. The van der Waals surface area contributed by atoms with Crippen LogP contribution in [-0.2, 0) is 25.6 Å². The van der Waals surface area contributed by atoms with E-state index in [1.54, 1.807) is 7.11 Å². The summed E-state index contributed by atoms with van der Waals surface area (Å²) < 4.78 is 12.3. The molecule has 0 atom stereocenters. The Hall–Kier alpha value is -4.48. The van der Waals surface area contributed by atoms with E-state index in [-0.39, 0.29) is 5.57 Å². The Kier molecular flexibility index (Phi) is 9.32. The first-order chi connectivity index (χ1) is 17.4. The first kappa shape index (κ1) is 26.1. The summed E-state index contributed by atoms with van der Waals surface area (Å²) in [6.07, 6.45) is 1.47. The number of ether oxygens (including phenoxy) is 2. The third-order valence-corrected chi connectivity index (χ3v) is 5.49. The van der Waals surface area contributed by atoms with E-state index in [1.807, 2.05) is 91.2 Å². The van der Waals surface area contributed by atoms with Gasteiger partial charge in [-0.25, -0.2) is 10.2 Å². The number of aryl methyl sites for hydroxylation is 1. The summed E-state index contributed by atoms with van der Waals surface area (Å²) >= 11 is 0. The number of benzene rings is 2. The van der Waals surface area contributed by atoms with Gasteiger partial charge in [0.25, 0.3) is 5.91 Å². The highest BCUT2D eigenvalue weighted by Gasteiger charge is 2.16. The number of rotatable bonds is 10. The number of carbonyl (C=O) groups excluding carboxylic acids is 2. The quantitative estimate of drug-likeness (QED) is 0.155. The normalized spacial score (nSPS) is 10.9. The number of hydrazone groups is 1. The van der Waals surface area contributed by atoms with Crippen molar-refractivity contribution in [2.75, 3.05) is 20.3 Å². The maximum absolute atomic E-state index is 12.5. The molecule has 0 aliphatic rings. The van der Waals surface area contributed by atoms with Crippen molar-refractivity contribution in [2.45, 2.75) is 20.4 Å². The zero-order valence-electron chi connectivity index (χ0n) is 20.5. The Bertz CT molecular complexity index is 1260. The largest absolute Gasteiger partial charge is 0.451 e. The summed E-state index contributed by atoms with van der Waals surface area (Å²) in [5.74, 6) is -1.51. The van der Waals surface area contributed by atoms with Gasteiger partial charge in [0, 0.05) is 36.2 Å². The molecule has 1 heterocycles. The molecule has 0 saturated carbocycles. The molecular weight excluding hydrogens is 456 g/mol. The first-order valence-electron chi connectivity index (χ1n) is 11.4. The maximum atomic E-state index is 12.5. The molecule has 0 unspecified atom stereocenters. The van der Waals surface area contributed by atoms with Crippen LogP contribution in [-0.4, -0.2) is 42.5 Å². The van der Waals surface area contributed by atoms with Gasteiger partial charge in [-0.2, -0.15) is 10.4 Å². The molecule has 8 heteroatoms. The van der Waals surface area contributed by atoms with Gasteiger partial charge in [-0.15, -0.1) is 0 Å². The molecule has 0 aliphatic carbocycles. The van der Waals surface area contributed by atoms with Crippen LogP contribution >= 0.6 is 0 Å². The van der Waals surface area contributed by atoms with Crippen LogP contribution in [0.15, 0.2) is 77.4 Å². The molecule has 0 saturated heterocycles. The molecule has 8 nitrogen and oxygen atoms in total. The highest BCUT2D eigenvalue weighted by atomic mass is 16.5. The fourth-order valence-corrected chi connectivity index (χ4v) is 3.64. The van der Waals surface area contributed by atoms with Crippen LogP contribution in [0.25, 0.3) is 6.08 Å². The van der Waals surface area contributed by atoms with Gasteiger partial charge in [-0.3, -0.25) is 4.79 Å². The monoisotopic (exact) mass is 484 g/mol. The van der Waals surface area contributed by atoms with E-state index in [0.29, 0.717) is 18.9 Å². The van der Waals surface area contributed by atoms with E-state index < -0.39 is 18.5 Å². The first-order valence-corrected chi connectivity index (χ1v) is 11.4. The van der Waals surface area contributed by atoms with Gasteiger partial charge < -0.3 is 14.0 Å². The SMILES string of the molecule is COCCn1c(C)cc(/C=C(\C#N)C(=O)OCC(=O)NN=C(c2ccccc2)c2ccccc2)c1C. The number of nitrogens with one attached hydrogen (secondary N) is 1. The highest BCUT2D eigenvalue weighted by molar-refractivity contribution is 6.13. The van der Waals surface area contributed by atoms with E-state index in [9.17, 15) is 14.9 Å². The molecule has 0 aliphatic heterocycles. The molecule has 1 amide bonds. The number of carbonyl (C=O) groups is 2. The lowest BCUT2D eigenvalue weighted by molar-refractivity contribution is -0.144. The van der Waals surface area contributed by atoms with Crippen LogP contribution in [0.1, 0.15) is 28.1 Å². The van der Waals surface area contributed by atoms with Crippen LogP contribution in [0.4, 0.5) is 0 Å². The van der Waals surface area contributed by atoms with E-state index in [2.05, 4.69) is 10.5 Å². The molecule has 2 aromatic carbocycles. The number of hydrogen-bond donors (Lipinski definition) is 1. The van der Waals surface area contributed by atoms with Crippen molar-refractivity contribution in [1.82, 2.24) is 9.99 Å². The molecule has 0 spiro atoms. The predicted molar refractivity (Wildman–Crippen MR) is 137 cm³/mol. The molecule has 3 rings (SSSR count). The van der Waals surface area contributed by atoms with Crippen LogP contribution in [0.3, 0.4) is 0 Å². The molecule has 184 valence electrons. The lowest BCUT2D eigenvalue weighted by Crippen LogP contribution is -2.26. The number of esters is 1. The number of nitrogens with zero attached hydrogens (tertiary/aromatic N) is 3. The summed E-state index contributed by atoms with van der Waals surface area (Å²) in [5, 5.41) is 13.7. The maximum Gasteiger partial charge on any atom is 0.349 e. The lowest BCUT2D eigenvalue weighted by Gasteiger charge is -2.09. The van der Waals surface area contributed by atoms with E-state index in [1.165, 1.54) is 6.08 Å². The minimum absolute atomic E-state index is 0.201. The van der Waals surface area contributed by atoms with Crippen LogP contribution in [0.5, 0.6) is 0 Å². The standard InChI is InChI=1S/C28H28N4O4/c1-20-16-24(21(2)32(20)14-15-35-3)17-25(18-29)28(34)36-19-26(33)30-31-27(22-10-6-4-7-11-22)23-12-8-5-9-13-23/h4-13,16-17H,14-15,19H2,1-3H3,(H,30,33)/b25-17+. The zero-order valence-corrected chi connectivity index (χ0v) is 20.5. The van der Waals surface area contributed by atoms with Crippen LogP contribution < -0.4 is 5.43 Å². The van der Waals surface area contributed by atoms with Gasteiger partial charge in [0.2, 0.25) is 0 Å². The Morgan fingerprint density at radius 1 is 1.06 bits per heavy atom. The van der Waals surface area contributed by atoms with Gasteiger partial charge in [-0.1, -0.05) is 60.7 Å². The second-order valence-electron chi connectivity index (χ2n) is 7.94. The summed E-state index contributed by atoms with van der Waals surface area (Å²) in [5.41, 5.74) is 7.03. The molecule has 36 heavy (non-hydrogen) atoms. The van der Waals surface area contributed by atoms with Crippen molar-refractivity contribution in [3.05, 3.63) is 100 Å². The predicted octanol–water partition coefficient (Wildman–Crippen LogP) is 3.77. The summed E-state index contributed by atoms with van der Waals surface area (Å²) in [6, 6.07) is 22.6. The molecule has 1 aromatic heterocycles. The minimum atomic E-state index is -0.885. The Morgan fingerprint density at radius 2 is 1.67 bits per heavy atom. The molecule has 1 N–H and O–H groups in total. The van der Waals surface area contributed by atoms with Crippen LogP contribution in [0, 0.1) is 25.2 Å². The molecule has 0 radical (unpaired) electrons. The van der Waals surface area contributed by atoms with Crippen molar-refractivity contribution in [1.29, 1.82) is 5.26 Å². The van der Waals surface area contributed by atoms with Gasteiger partial charge in [-0.05, 0) is 31.6 Å². The van der Waals surface area contributed by atoms with Crippen molar-refractivity contribution in [3.8, 4) is 6.07 Å². The zero-order chi connectivity index (χ0) is 25.9. The van der Waals surface area contributed by atoms with E-state index in [0.717, 1.165) is 28.1 Å². The summed E-state index contributed by atoms with van der Waals surface area (Å²) in [7, 11) is 1.63. The number of hydrogen-bond acceptors (Lipinski definition) is 6. The number of aromatic nitrogens is 1. The Labute approximate surface area is 210 Å². The number of nitriles is 1. The molecule has 0 fully saturated rings. The van der Waals surface area contributed by atoms with E-state index in [4.69, 9.17) is 9.47 Å². The Balaban J connectivity index is 1.68. The summed E-state index contributed by atoms with van der Waals surface area (Å²) in [4.78, 5) is 24.9. The average molecular weight is 485 g/mol. The van der Waals surface area contributed by atoms with Crippen molar-refractivity contribution < 1.29 is 19.1 Å². The van der Waals surface area contributed by atoms with Crippen molar-refractivity contribution >= 4 is 23.7 Å². The highest BCUT2D eigenvalue weighted by Crippen LogP contribution is 2.19. The fourth-order valence-electron chi connectivity index (χ4n) is 3.64. The minimum Gasteiger partial charge on any atom is -0.451 e. The molecule has 0 bridgehead atoms. The smallest absolute Gasteiger partial charge is 0.349 e. The average Bonchev–Trinajstić information content (AvgIpc) is 3.17. The number of methoxy groups -OCH3 is 1. The van der Waals surface area contributed by atoms with Gasteiger partial charge in [0.1, 0.15) is 11.6 Å². The second kappa shape index (κ2) is 12.8. The van der Waals surface area contributed by atoms with Gasteiger partial charge in [0.15, 0.2) is 6.61 Å². The van der Waals surface area contributed by atoms with Crippen LogP contribution in [0.2, 0.25) is 0 Å². The topological polar surface area (TPSA) is 106 Å². The van der Waals surface area contributed by atoms with Gasteiger partial charge >= 0.3 is 5.97 Å². The van der Waals surface area contributed by atoms with Crippen molar-refractivity contribution in [2.24, 2.45) is 5.10 Å². The third kappa shape index (κ3) is 6.78. The van der Waals surface area contributed by atoms with Gasteiger partial charge in [0.05, 0.1) is 12.3 Å².